The van der Waals surface area contributed by atoms with Crippen LogP contribution in [0.1, 0.15) is 51.1 Å². The Labute approximate surface area is 116 Å². The first-order valence-corrected chi connectivity index (χ1v) is 7.41. The Bertz CT molecular complexity index is 415. The lowest BCUT2D eigenvalue weighted by atomic mass is 9.73. The molecule has 0 bridgehead atoms. The van der Waals surface area contributed by atoms with Gasteiger partial charge in [0.25, 0.3) is 0 Å². The topological polar surface area (TPSA) is 43.1 Å². The Kier molecular flexibility index (Phi) is 4.76. The minimum absolute atomic E-state index is 0.150. The quantitative estimate of drug-likeness (QED) is 0.895. The summed E-state index contributed by atoms with van der Waals surface area (Å²) in [7, 11) is 0. The van der Waals surface area contributed by atoms with E-state index < -0.39 is 0 Å². The predicted molar refractivity (Wildman–Crippen MR) is 78.7 cm³/mol. The lowest BCUT2D eigenvalue weighted by Gasteiger charge is -2.31. The molecule has 0 spiro atoms. The first kappa shape index (κ1) is 14.3. The summed E-state index contributed by atoms with van der Waals surface area (Å²) in [6.07, 6.45) is 3.75. The molecule has 0 aromatic heterocycles. The lowest BCUT2D eigenvalue weighted by molar-refractivity contribution is -0.125. The summed E-state index contributed by atoms with van der Waals surface area (Å²) in [5.74, 6) is 2.01. The van der Waals surface area contributed by atoms with E-state index in [1.54, 1.807) is 0 Å². The number of benzene rings is 1. The van der Waals surface area contributed by atoms with E-state index in [0.717, 1.165) is 24.3 Å². The Balaban J connectivity index is 1.91. The molecule has 1 aromatic carbocycles. The number of nitrogens with two attached hydrogens (primary N) is 1. The molecule has 1 aliphatic rings. The van der Waals surface area contributed by atoms with Crippen molar-refractivity contribution in [3.05, 3.63) is 35.9 Å². The number of ketones is 1. The van der Waals surface area contributed by atoms with Gasteiger partial charge in [0.15, 0.2) is 0 Å². The van der Waals surface area contributed by atoms with Gasteiger partial charge in [-0.15, -0.1) is 0 Å². The minimum atomic E-state index is -0.150. The van der Waals surface area contributed by atoms with Gasteiger partial charge < -0.3 is 5.73 Å². The SMILES string of the molecule is CC1CCC(C(=O)CC(N)c2ccccc2)CC1C. The molecule has 0 saturated heterocycles. The van der Waals surface area contributed by atoms with Crippen LogP contribution < -0.4 is 5.73 Å². The molecule has 1 aromatic rings. The van der Waals surface area contributed by atoms with Gasteiger partial charge in [-0.1, -0.05) is 44.2 Å². The van der Waals surface area contributed by atoms with Crippen LogP contribution in [0, 0.1) is 17.8 Å². The van der Waals surface area contributed by atoms with E-state index in [2.05, 4.69) is 13.8 Å². The van der Waals surface area contributed by atoms with Crippen LogP contribution in [-0.2, 0) is 4.79 Å². The standard InChI is InChI=1S/C17H25NO/c1-12-8-9-15(10-13(12)2)17(19)11-16(18)14-6-4-3-5-7-14/h3-7,12-13,15-16H,8-11,18H2,1-2H3. The van der Waals surface area contributed by atoms with Crippen molar-refractivity contribution in [2.45, 2.75) is 45.6 Å². The highest BCUT2D eigenvalue weighted by atomic mass is 16.1. The molecule has 2 rings (SSSR count). The van der Waals surface area contributed by atoms with Crippen molar-refractivity contribution in [2.24, 2.45) is 23.5 Å². The van der Waals surface area contributed by atoms with Crippen LogP contribution in [0.5, 0.6) is 0 Å². The van der Waals surface area contributed by atoms with Crippen molar-refractivity contribution in [3.63, 3.8) is 0 Å². The van der Waals surface area contributed by atoms with Crippen LogP contribution in [0.4, 0.5) is 0 Å². The number of carbonyl (C=O) groups excluding carboxylic acids is 1. The molecule has 4 atom stereocenters. The molecule has 0 radical (unpaired) electrons. The highest BCUT2D eigenvalue weighted by Crippen LogP contribution is 2.35. The Hall–Kier alpha value is -1.15. The van der Waals surface area contributed by atoms with Gasteiger partial charge in [-0.2, -0.15) is 0 Å². The lowest BCUT2D eigenvalue weighted by Crippen LogP contribution is -2.28. The number of hydrogen-bond acceptors (Lipinski definition) is 2. The molecule has 2 heteroatoms. The van der Waals surface area contributed by atoms with E-state index in [4.69, 9.17) is 5.73 Å². The fourth-order valence-corrected chi connectivity index (χ4v) is 3.04. The summed E-state index contributed by atoms with van der Waals surface area (Å²) in [5, 5.41) is 0. The van der Waals surface area contributed by atoms with Crippen molar-refractivity contribution in [1.29, 1.82) is 0 Å². The molecule has 1 fully saturated rings. The molecule has 0 heterocycles. The number of hydrogen-bond donors (Lipinski definition) is 1. The van der Waals surface area contributed by atoms with E-state index in [-0.39, 0.29) is 12.0 Å². The van der Waals surface area contributed by atoms with Crippen LogP contribution in [0.3, 0.4) is 0 Å². The van der Waals surface area contributed by atoms with E-state index in [9.17, 15) is 4.79 Å². The van der Waals surface area contributed by atoms with Gasteiger partial charge in [-0.05, 0) is 36.7 Å². The zero-order valence-corrected chi connectivity index (χ0v) is 12.0. The minimum Gasteiger partial charge on any atom is -0.324 e. The van der Waals surface area contributed by atoms with Gasteiger partial charge in [0, 0.05) is 18.4 Å². The molecule has 2 nitrogen and oxygen atoms in total. The third kappa shape index (κ3) is 3.66. The molecule has 1 saturated carbocycles. The Morgan fingerprint density at radius 1 is 1.21 bits per heavy atom. The maximum absolute atomic E-state index is 12.4. The van der Waals surface area contributed by atoms with Crippen molar-refractivity contribution in [3.8, 4) is 0 Å². The second kappa shape index (κ2) is 6.33. The zero-order chi connectivity index (χ0) is 13.8. The van der Waals surface area contributed by atoms with Gasteiger partial charge in [-0.25, -0.2) is 0 Å². The summed E-state index contributed by atoms with van der Waals surface area (Å²) in [5.41, 5.74) is 7.21. The largest absolute Gasteiger partial charge is 0.324 e. The monoisotopic (exact) mass is 259 g/mol. The first-order valence-electron chi connectivity index (χ1n) is 7.41. The molecule has 19 heavy (non-hydrogen) atoms. The number of Topliss-reactive ketones (excluding diaryl/α,β-unsaturated/α-hetero) is 1. The maximum Gasteiger partial charge on any atom is 0.137 e. The van der Waals surface area contributed by atoms with Gasteiger partial charge in [0.2, 0.25) is 0 Å². The molecule has 1 aliphatic carbocycles. The third-order valence-electron chi connectivity index (χ3n) is 4.70. The van der Waals surface area contributed by atoms with Gasteiger partial charge in [-0.3, -0.25) is 4.79 Å². The average molecular weight is 259 g/mol. The smallest absolute Gasteiger partial charge is 0.137 e. The molecular formula is C17H25NO. The predicted octanol–water partition coefficient (Wildman–Crippen LogP) is 3.72. The normalized spacial score (nSPS) is 28.9. The second-order valence-corrected chi connectivity index (χ2v) is 6.15. The second-order valence-electron chi connectivity index (χ2n) is 6.15. The van der Waals surface area contributed by atoms with Crippen LogP contribution in [0.15, 0.2) is 30.3 Å². The van der Waals surface area contributed by atoms with Crippen LogP contribution >= 0.6 is 0 Å². The Morgan fingerprint density at radius 2 is 1.89 bits per heavy atom. The fourth-order valence-electron chi connectivity index (χ4n) is 3.04. The number of carbonyl (C=O) groups is 1. The van der Waals surface area contributed by atoms with E-state index in [1.165, 1.54) is 6.42 Å². The highest BCUT2D eigenvalue weighted by Gasteiger charge is 2.29. The fraction of sp³-hybridized carbons (Fsp3) is 0.588. The van der Waals surface area contributed by atoms with Crippen LogP contribution in [0.2, 0.25) is 0 Å². The van der Waals surface area contributed by atoms with E-state index >= 15 is 0 Å². The van der Waals surface area contributed by atoms with Gasteiger partial charge in [0.05, 0.1) is 0 Å². The molecular weight excluding hydrogens is 234 g/mol. The molecule has 0 amide bonds. The molecule has 0 aliphatic heterocycles. The molecule has 2 N–H and O–H groups in total. The summed E-state index contributed by atoms with van der Waals surface area (Å²) in [6.45, 7) is 4.56. The van der Waals surface area contributed by atoms with Crippen LogP contribution in [0.25, 0.3) is 0 Å². The first-order chi connectivity index (χ1) is 9.08. The van der Waals surface area contributed by atoms with Crippen molar-refractivity contribution in [1.82, 2.24) is 0 Å². The van der Waals surface area contributed by atoms with E-state index in [0.29, 0.717) is 18.1 Å². The molecule has 104 valence electrons. The summed E-state index contributed by atoms with van der Waals surface area (Å²) >= 11 is 0. The van der Waals surface area contributed by atoms with E-state index in [1.807, 2.05) is 30.3 Å². The molecule has 4 unspecified atom stereocenters. The average Bonchev–Trinajstić information content (AvgIpc) is 2.42. The highest BCUT2D eigenvalue weighted by molar-refractivity contribution is 5.81. The van der Waals surface area contributed by atoms with Crippen molar-refractivity contribution < 1.29 is 4.79 Å². The van der Waals surface area contributed by atoms with Crippen LogP contribution in [-0.4, -0.2) is 5.78 Å². The van der Waals surface area contributed by atoms with Gasteiger partial charge in [0.1, 0.15) is 5.78 Å². The summed E-state index contributed by atoms with van der Waals surface area (Å²) < 4.78 is 0. The summed E-state index contributed by atoms with van der Waals surface area (Å²) in [6, 6.07) is 9.78. The van der Waals surface area contributed by atoms with Crippen molar-refractivity contribution >= 4 is 5.78 Å². The summed E-state index contributed by atoms with van der Waals surface area (Å²) in [4.78, 5) is 12.4. The Morgan fingerprint density at radius 3 is 2.53 bits per heavy atom. The zero-order valence-electron chi connectivity index (χ0n) is 12.0. The maximum atomic E-state index is 12.4. The van der Waals surface area contributed by atoms with Gasteiger partial charge >= 0.3 is 0 Å². The third-order valence-corrected chi connectivity index (χ3v) is 4.70. The number of rotatable bonds is 4. The van der Waals surface area contributed by atoms with Crippen molar-refractivity contribution in [2.75, 3.05) is 0 Å².